The summed E-state index contributed by atoms with van der Waals surface area (Å²) in [5.74, 6) is -0.212. The van der Waals surface area contributed by atoms with Crippen molar-refractivity contribution < 1.29 is 54.4 Å². The van der Waals surface area contributed by atoms with Crippen molar-refractivity contribution >= 4 is 11.6 Å². The highest BCUT2D eigenvalue weighted by Gasteiger charge is 2.52. The average Bonchev–Trinajstić information content (AvgIpc) is 2.79. The first-order valence-corrected chi connectivity index (χ1v) is 10.4. The Balaban J connectivity index is 1.88. The number of rotatable bonds is 7. The fourth-order valence-corrected chi connectivity index (χ4v) is 3.73. The van der Waals surface area contributed by atoms with Crippen LogP contribution in [0.15, 0.2) is 24.3 Å². The molecule has 0 saturated carbocycles. The van der Waals surface area contributed by atoms with Crippen molar-refractivity contribution in [1.29, 1.82) is 0 Å². The molecule has 186 valence electrons. The maximum absolute atomic E-state index is 11.9. The highest BCUT2D eigenvalue weighted by atomic mass is 16.7. The molecular weight excluding hydrogens is 444 g/mol. The summed E-state index contributed by atoms with van der Waals surface area (Å²) in [6.07, 6.45) is -13.3. The zero-order chi connectivity index (χ0) is 24.3. The minimum absolute atomic E-state index is 0.309. The van der Waals surface area contributed by atoms with Crippen LogP contribution in [0.4, 0.5) is 5.69 Å². The van der Waals surface area contributed by atoms with E-state index in [1.165, 1.54) is 6.92 Å². The standard InChI is InChI=1S/C20H30N2O11/c1-8(25)22-13-18(33-20-17(29)16(28)14(26)11(6-23)32-20)15(27)12(7-24)31-19(13)30-10-4-2-9(21)3-5-10/h2-5,11-20,23-24,26-29H,6-7,21H2,1H3,(H,22,25)/t11-,12-,13-,14-,15+,16+,17-,18-,19+,20+/m1/s1. The van der Waals surface area contributed by atoms with Gasteiger partial charge in [-0.15, -0.1) is 0 Å². The average molecular weight is 474 g/mol. The van der Waals surface area contributed by atoms with Gasteiger partial charge in [0.15, 0.2) is 6.29 Å². The molecule has 1 amide bonds. The van der Waals surface area contributed by atoms with Gasteiger partial charge in [-0.2, -0.15) is 0 Å². The molecular formula is C20H30N2O11. The quantitative estimate of drug-likeness (QED) is 0.180. The second-order valence-corrected chi connectivity index (χ2v) is 7.93. The summed E-state index contributed by atoms with van der Waals surface area (Å²) >= 11 is 0. The molecule has 9 N–H and O–H groups in total. The third kappa shape index (κ3) is 5.71. The number of nitrogens with one attached hydrogen (secondary N) is 1. The van der Waals surface area contributed by atoms with Gasteiger partial charge in [-0.1, -0.05) is 0 Å². The predicted molar refractivity (Wildman–Crippen MR) is 109 cm³/mol. The fraction of sp³-hybridized carbons (Fsp3) is 0.650. The number of carbonyl (C=O) groups excluding carboxylic acids is 1. The predicted octanol–water partition coefficient (Wildman–Crippen LogP) is -3.58. The Bertz CT molecular complexity index is 780. The molecule has 0 bridgehead atoms. The lowest BCUT2D eigenvalue weighted by Crippen LogP contribution is -2.68. The van der Waals surface area contributed by atoms with Crippen LogP contribution in [0.2, 0.25) is 0 Å². The van der Waals surface area contributed by atoms with Gasteiger partial charge in [0.1, 0.15) is 54.5 Å². The summed E-state index contributed by atoms with van der Waals surface area (Å²) in [6.45, 7) is -0.0990. The van der Waals surface area contributed by atoms with E-state index in [1.807, 2.05) is 0 Å². The smallest absolute Gasteiger partial charge is 0.223 e. The van der Waals surface area contributed by atoms with Crippen LogP contribution in [0, 0.1) is 0 Å². The van der Waals surface area contributed by atoms with Crippen LogP contribution in [-0.4, -0.2) is 111 Å². The molecule has 2 aliphatic rings. The van der Waals surface area contributed by atoms with E-state index in [0.717, 1.165) is 0 Å². The highest BCUT2D eigenvalue weighted by molar-refractivity contribution is 5.73. The van der Waals surface area contributed by atoms with Gasteiger partial charge in [0.2, 0.25) is 12.2 Å². The summed E-state index contributed by atoms with van der Waals surface area (Å²) in [6, 6.07) is 5.09. The first-order chi connectivity index (χ1) is 15.7. The van der Waals surface area contributed by atoms with Crippen LogP contribution in [-0.2, 0) is 19.0 Å². The van der Waals surface area contributed by atoms with E-state index in [-0.39, 0.29) is 0 Å². The van der Waals surface area contributed by atoms with Crippen molar-refractivity contribution in [1.82, 2.24) is 5.32 Å². The van der Waals surface area contributed by atoms with Crippen molar-refractivity contribution in [3.8, 4) is 5.75 Å². The van der Waals surface area contributed by atoms with Gasteiger partial charge in [-0.25, -0.2) is 0 Å². The molecule has 2 heterocycles. The van der Waals surface area contributed by atoms with E-state index >= 15 is 0 Å². The van der Waals surface area contributed by atoms with Crippen LogP contribution in [0.1, 0.15) is 6.92 Å². The van der Waals surface area contributed by atoms with Gasteiger partial charge in [0.25, 0.3) is 0 Å². The molecule has 2 fully saturated rings. The minimum atomic E-state index is -1.75. The van der Waals surface area contributed by atoms with Crippen LogP contribution in [0.5, 0.6) is 5.75 Å². The topological polar surface area (TPSA) is 213 Å². The molecule has 2 saturated heterocycles. The number of amides is 1. The van der Waals surface area contributed by atoms with Gasteiger partial charge in [0, 0.05) is 12.6 Å². The molecule has 13 heteroatoms. The molecule has 0 spiro atoms. The largest absolute Gasteiger partial charge is 0.463 e. The molecule has 13 nitrogen and oxygen atoms in total. The second kappa shape index (κ2) is 10.9. The third-order valence-corrected chi connectivity index (χ3v) is 5.50. The summed E-state index contributed by atoms with van der Waals surface area (Å²) in [4.78, 5) is 11.9. The first-order valence-electron chi connectivity index (χ1n) is 10.4. The number of nitrogens with two attached hydrogens (primary N) is 1. The number of aliphatic hydroxyl groups is 6. The van der Waals surface area contributed by atoms with E-state index in [4.69, 9.17) is 24.7 Å². The van der Waals surface area contributed by atoms with Crippen molar-refractivity contribution in [3.05, 3.63) is 24.3 Å². The van der Waals surface area contributed by atoms with Crippen molar-refractivity contribution in [2.75, 3.05) is 18.9 Å². The number of benzene rings is 1. The number of hydrogen-bond donors (Lipinski definition) is 8. The number of ether oxygens (including phenoxy) is 4. The lowest BCUT2D eigenvalue weighted by atomic mass is 9.95. The highest BCUT2D eigenvalue weighted by Crippen LogP contribution is 2.30. The summed E-state index contributed by atoms with van der Waals surface area (Å²) in [5, 5.41) is 62.7. The Labute approximate surface area is 189 Å². The Morgan fingerprint density at radius 3 is 2.09 bits per heavy atom. The van der Waals surface area contributed by atoms with Crippen molar-refractivity contribution in [2.24, 2.45) is 0 Å². The van der Waals surface area contributed by atoms with Gasteiger partial charge < -0.3 is 60.6 Å². The Morgan fingerprint density at radius 1 is 0.939 bits per heavy atom. The molecule has 0 aromatic heterocycles. The number of hydrogen-bond acceptors (Lipinski definition) is 12. The normalized spacial score (nSPS) is 39.1. The minimum Gasteiger partial charge on any atom is -0.463 e. The van der Waals surface area contributed by atoms with Crippen LogP contribution >= 0.6 is 0 Å². The van der Waals surface area contributed by atoms with Gasteiger partial charge in [0.05, 0.1) is 13.2 Å². The SMILES string of the molecule is CC(=O)N[C@H]1[C@@H](Oc2ccc(N)cc2)O[C@H](CO)[C@H](O)[C@@H]1O[C@@H]1O[C@H](CO)[C@@H](O)[C@H](O)[C@H]1O. The zero-order valence-electron chi connectivity index (χ0n) is 17.8. The maximum Gasteiger partial charge on any atom is 0.223 e. The Kier molecular flexibility index (Phi) is 8.44. The van der Waals surface area contributed by atoms with Crippen LogP contribution < -0.4 is 15.8 Å². The van der Waals surface area contributed by atoms with Crippen LogP contribution in [0.3, 0.4) is 0 Å². The van der Waals surface area contributed by atoms with Gasteiger partial charge in [-0.3, -0.25) is 4.79 Å². The third-order valence-electron chi connectivity index (χ3n) is 5.50. The van der Waals surface area contributed by atoms with E-state index in [0.29, 0.717) is 11.4 Å². The zero-order valence-corrected chi connectivity index (χ0v) is 17.8. The summed E-state index contributed by atoms with van der Waals surface area (Å²) < 4.78 is 22.5. The Hall–Kier alpha value is -2.07. The van der Waals surface area contributed by atoms with Gasteiger partial charge >= 0.3 is 0 Å². The molecule has 33 heavy (non-hydrogen) atoms. The lowest BCUT2D eigenvalue weighted by Gasteiger charge is -2.47. The maximum atomic E-state index is 11.9. The van der Waals surface area contributed by atoms with Crippen molar-refractivity contribution in [2.45, 2.75) is 68.3 Å². The molecule has 0 radical (unpaired) electrons. The number of aliphatic hydroxyl groups excluding tert-OH is 6. The van der Waals surface area contributed by atoms with E-state index in [2.05, 4.69) is 5.32 Å². The Morgan fingerprint density at radius 2 is 1.52 bits per heavy atom. The summed E-state index contributed by atoms with van der Waals surface area (Å²) in [7, 11) is 0. The monoisotopic (exact) mass is 474 g/mol. The molecule has 2 aliphatic heterocycles. The fourth-order valence-electron chi connectivity index (χ4n) is 3.73. The molecule has 1 aromatic carbocycles. The second-order valence-electron chi connectivity index (χ2n) is 7.93. The number of nitrogen functional groups attached to an aromatic ring is 1. The molecule has 10 atom stereocenters. The molecule has 1 aromatic rings. The molecule has 0 unspecified atom stereocenters. The van der Waals surface area contributed by atoms with Gasteiger partial charge in [-0.05, 0) is 24.3 Å². The molecule has 0 aliphatic carbocycles. The first kappa shape index (κ1) is 25.6. The van der Waals surface area contributed by atoms with E-state index in [1.54, 1.807) is 24.3 Å². The summed E-state index contributed by atoms with van der Waals surface area (Å²) in [5.41, 5.74) is 6.16. The molecule has 3 rings (SSSR count). The van der Waals surface area contributed by atoms with E-state index < -0.39 is 80.5 Å². The number of carbonyl (C=O) groups is 1. The van der Waals surface area contributed by atoms with Crippen LogP contribution in [0.25, 0.3) is 0 Å². The number of anilines is 1. The lowest BCUT2D eigenvalue weighted by molar-refractivity contribution is -0.339. The van der Waals surface area contributed by atoms with E-state index in [9.17, 15) is 35.4 Å². The van der Waals surface area contributed by atoms with Crippen molar-refractivity contribution in [3.63, 3.8) is 0 Å².